The van der Waals surface area contributed by atoms with E-state index in [9.17, 15) is 4.79 Å². The van der Waals surface area contributed by atoms with Gasteiger partial charge in [0, 0.05) is 22.7 Å². The van der Waals surface area contributed by atoms with Crippen LogP contribution in [0.15, 0.2) is 71.2 Å². The third-order valence-corrected chi connectivity index (χ3v) is 7.61. The number of rotatable bonds is 10. The van der Waals surface area contributed by atoms with Crippen LogP contribution >= 0.6 is 38.9 Å². The highest BCUT2D eigenvalue weighted by molar-refractivity contribution is 9.10. The highest BCUT2D eigenvalue weighted by atomic mass is 79.9. The van der Waals surface area contributed by atoms with E-state index in [2.05, 4.69) is 21.2 Å². The first kappa shape index (κ1) is 27.6. The Morgan fingerprint density at radius 1 is 1.08 bits per heavy atom. The molecule has 0 aliphatic carbocycles. The van der Waals surface area contributed by atoms with Crippen LogP contribution in [0.4, 0.5) is 16.4 Å². The van der Waals surface area contributed by atoms with Gasteiger partial charge in [0.05, 0.1) is 35.1 Å². The minimum absolute atomic E-state index is 0.320. The molecule has 3 N–H and O–H groups in total. The number of halogens is 2. The quantitative estimate of drug-likeness (QED) is 0.138. The number of hydrogen-bond acceptors (Lipinski definition) is 8. The lowest BCUT2D eigenvalue weighted by Gasteiger charge is -2.16. The summed E-state index contributed by atoms with van der Waals surface area (Å²) >= 11 is 11.1. The predicted molar refractivity (Wildman–Crippen MR) is 155 cm³/mol. The van der Waals surface area contributed by atoms with Gasteiger partial charge in [-0.2, -0.15) is 0 Å². The molecule has 7 nitrogen and oxygen atoms in total. The van der Waals surface area contributed by atoms with Gasteiger partial charge in [-0.3, -0.25) is 0 Å². The van der Waals surface area contributed by atoms with Crippen molar-refractivity contribution < 1.29 is 23.7 Å². The molecule has 198 valence electrons. The van der Waals surface area contributed by atoms with Crippen molar-refractivity contribution >= 4 is 61.2 Å². The van der Waals surface area contributed by atoms with Gasteiger partial charge in [-0.25, -0.2) is 4.79 Å². The zero-order chi connectivity index (χ0) is 27.2. The number of ether oxygens (including phenoxy) is 4. The lowest BCUT2D eigenvalue weighted by Crippen LogP contribution is -2.07. The maximum absolute atomic E-state index is 12.5. The normalized spacial score (nSPS) is 11.5. The SMILES string of the molecule is COC(=O)c1sc(Nc2cc(OCc3ccc(OC)cc3)c(Br)cc2N)cc1O[C@H](C)c1ccccc1Cl. The number of esters is 1. The molecule has 0 bridgehead atoms. The van der Waals surface area contributed by atoms with Crippen LogP contribution in [0.1, 0.15) is 33.8 Å². The number of carbonyl (C=O) groups excluding carboxylic acids is 1. The number of methoxy groups -OCH3 is 2. The molecule has 0 fully saturated rings. The fourth-order valence-corrected chi connectivity index (χ4v) is 5.31. The van der Waals surface area contributed by atoms with Gasteiger partial charge >= 0.3 is 5.97 Å². The Labute approximate surface area is 238 Å². The second kappa shape index (κ2) is 12.4. The van der Waals surface area contributed by atoms with Crippen molar-refractivity contribution in [1.29, 1.82) is 0 Å². The van der Waals surface area contributed by atoms with Crippen molar-refractivity contribution in [3.05, 3.63) is 92.2 Å². The standard InChI is InChI=1S/C28H26BrClN2O5S/c1-16(19-6-4-5-7-21(19)30)37-25-14-26(38-27(25)28(33)35-3)32-23-13-24(20(29)12-22(23)31)36-15-17-8-10-18(34-2)11-9-17/h4-14,16,32H,15,31H2,1-3H3/t16-/m1/s1. The van der Waals surface area contributed by atoms with Crippen LogP contribution in [-0.4, -0.2) is 20.2 Å². The van der Waals surface area contributed by atoms with Gasteiger partial charge < -0.3 is 30.0 Å². The number of benzene rings is 3. The molecule has 1 atom stereocenters. The Bertz CT molecular complexity index is 1430. The highest BCUT2D eigenvalue weighted by Crippen LogP contribution is 2.41. The summed E-state index contributed by atoms with van der Waals surface area (Å²) < 4.78 is 23.1. The Hall–Kier alpha value is -3.40. The fraction of sp³-hybridized carbons (Fsp3) is 0.179. The third kappa shape index (κ3) is 6.53. The summed E-state index contributed by atoms with van der Waals surface area (Å²) in [4.78, 5) is 12.8. The Morgan fingerprint density at radius 2 is 1.82 bits per heavy atom. The average Bonchev–Trinajstić information content (AvgIpc) is 3.31. The van der Waals surface area contributed by atoms with E-state index in [1.165, 1.54) is 18.4 Å². The zero-order valence-corrected chi connectivity index (χ0v) is 24.1. The predicted octanol–water partition coefficient (Wildman–Crippen LogP) is 8.00. The molecule has 0 unspecified atom stereocenters. The molecule has 4 rings (SSSR count). The van der Waals surface area contributed by atoms with Crippen LogP contribution in [-0.2, 0) is 11.3 Å². The maximum Gasteiger partial charge on any atom is 0.351 e. The molecule has 0 saturated carbocycles. The van der Waals surface area contributed by atoms with Crippen molar-refractivity contribution in [3.8, 4) is 17.2 Å². The number of nitrogens with two attached hydrogens (primary N) is 1. The molecule has 4 aromatic rings. The largest absolute Gasteiger partial charge is 0.497 e. The van der Waals surface area contributed by atoms with Gasteiger partial charge in [-0.1, -0.05) is 41.9 Å². The number of anilines is 3. The number of nitrogen functional groups attached to an aromatic ring is 1. The van der Waals surface area contributed by atoms with Crippen molar-refractivity contribution in [2.45, 2.75) is 19.6 Å². The molecule has 0 saturated heterocycles. The van der Waals surface area contributed by atoms with Crippen molar-refractivity contribution in [1.82, 2.24) is 0 Å². The number of hydrogen-bond donors (Lipinski definition) is 2. The molecular formula is C28H26BrClN2O5S. The molecular weight excluding hydrogens is 592 g/mol. The molecule has 0 spiro atoms. The van der Waals surface area contributed by atoms with E-state index in [1.54, 1.807) is 31.4 Å². The Balaban J connectivity index is 1.55. The topological polar surface area (TPSA) is 92.0 Å². The minimum atomic E-state index is -0.503. The number of carbonyl (C=O) groups is 1. The van der Waals surface area contributed by atoms with E-state index in [-0.39, 0.29) is 0 Å². The van der Waals surface area contributed by atoms with Crippen LogP contribution in [0.25, 0.3) is 0 Å². The summed E-state index contributed by atoms with van der Waals surface area (Å²) in [6.07, 6.45) is -0.398. The molecule has 3 aromatic carbocycles. The molecule has 1 heterocycles. The number of nitrogens with one attached hydrogen (secondary N) is 1. The van der Waals surface area contributed by atoms with E-state index in [0.29, 0.717) is 48.9 Å². The minimum Gasteiger partial charge on any atom is -0.497 e. The summed E-state index contributed by atoms with van der Waals surface area (Å²) in [5.74, 6) is 1.26. The van der Waals surface area contributed by atoms with E-state index >= 15 is 0 Å². The fourth-order valence-electron chi connectivity index (χ4n) is 3.62. The van der Waals surface area contributed by atoms with Gasteiger partial charge in [0.15, 0.2) is 4.88 Å². The zero-order valence-electron chi connectivity index (χ0n) is 20.9. The van der Waals surface area contributed by atoms with Gasteiger partial charge in [-0.05, 0) is 52.7 Å². The molecule has 38 heavy (non-hydrogen) atoms. The summed E-state index contributed by atoms with van der Waals surface area (Å²) in [6, 6.07) is 20.3. The van der Waals surface area contributed by atoms with E-state index in [1.807, 2.05) is 49.4 Å². The number of thiophene rings is 1. The van der Waals surface area contributed by atoms with Crippen LogP contribution in [0.2, 0.25) is 5.02 Å². The summed E-state index contributed by atoms with van der Waals surface area (Å²) in [7, 11) is 2.96. The second-order valence-electron chi connectivity index (χ2n) is 8.21. The molecule has 10 heteroatoms. The monoisotopic (exact) mass is 616 g/mol. The summed E-state index contributed by atoms with van der Waals surface area (Å²) in [5, 5.41) is 4.50. The molecule has 1 aromatic heterocycles. The van der Waals surface area contributed by atoms with E-state index in [4.69, 9.17) is 36.3 Å². The smallest absolute Gasteiger partial charge is 0.351 e. The van der Waals surface area contributed by atoms with E-state index in [0.717, 1.165) is 16.9 Å². The van der Waals surface area contributed by atoms with Gasteiger partial charge in [-0.15, -0.1) is 11.3 Å². The van der Waals surface area contributed by atoms with Crippen LogP contribution < -0.4 is 25.3 Å². The lowest BCUT2D eigenvalue weighted by atomic mass is 10.1. The summed E-state index contributed by atoms with van der Waals surface area (Å²) in [5.41, 5.74) is 9.19. The second-order valence-corrected chi connectivity index (χ2v) is 10.5. The van der Waals surface area contributed by atoms with Gasteiger partial charge in [0.25, 0.3) is 0 Å². The van der Waals surface area contributed by atoms with Crippen LogP contribution in [0.3, 0.4) is 0 Å². The maximum atomic E-state index is 12.5. The molecule has 0 amide bonds. The highest BCUT2D eigenvalue weighted by Gasteiger charge is 2.22. The van der Waals surface area contributed by atoms with Crippen molar-refractivity contribution in [3.63, 3.8) is 0 Å². The molecule has 0 radical (unpaired) electrons. The lowest BCUT2D eigenvalue weighted by molar-refractivity contribution is 0.0600. The van der Waals surface area contributed by atoms with Crippen LogP contribution in [0, 0.1) is 0 Å². The summed E-state index contributed by atoms with van der Waals surface area (Å²) in [6.45, 7) is 2.22. The molecule has 0 aliphatic heterocycles. The Kier molecular flexibility index (Phi) is 9.04. The molecule has 0 aliphatic rings. The first-order valence-corrected chi connectivity index (χ1v) is 13.5. The van der Waals surface area contributed by atoms with Gasteiger partial charge in [0.2, 0.25) is 0 Å². The van der Waals surface area contributed by atoms with E-state index < -0.39 is 12.1 Å². The Morgan fingerprint density at radius 3 is 2.50 bits per heavy atom. The third-order valence-electron chi connectivity index (χ3n) is 5.63. The first-order chi connectivity index (χ1) is 18.3. The van der Waals surface area contributed by atoms with Crippen LogP contribution in [0.5, 0.6) is 17.2 Å². The van der Waals surface area contributed by atoms with Gasteiger partial charge in [0.1, 0.15) is 30.0 Å². The van der Waals surface area contributed by atoms with Crippen molar-refractivity contribution in [2.24, 2.45) is 0 Å². The first-order valence-electron chi connectivity index (χ1n) is 11.5. The average molecular weight is 618 g/mol. The van der Waals surface area contributed by atoms with Crippen molar-refractivity contribution in [2.75, 3.05) is 25.3 Å².